The highest BCUT2D eigenvalue weighted by molar-refractivity contribution is 5.67. The predicted octanol–water partition coefficient (Wildman–Crippen LogP) is 2.12. The first-order valence-electron chi connectivity index (χ1n) is 7.96. The third-order valence-electron chi connectivity index (χ3n) is 3.95. The van der Waals surface area contributed by atoms with E-state index in [4.69, 9.17) is 14.2 Å². The van der Waals surface area contributed by atoms with Crippen molar-refractivity contribution in [1.29, 1.82) is 0 Å². The number of piperazine rings is 1. The van der Waals surface area contributed by atoms with Crippen molar-refractivity contribution in [2.45, 2.75) is 20.1 Å². The first-order valence-corrected chi connectivity index (χ1v) is 7.96. The smallest absolute Gasteiger partial charge is 0.409 e. The molecule has 1 aliphatic rings. The number of rotatable bonds is 6. The molecule has 0 unspecified atom stereocenters. The van der Waals surface area contributed by atoms with Crippen molar-refractivity contribution in [3.63, 3.8) is 0 Å². The summed E-state index contributed by atoms with van der Waals surface area (Å²) >= 11 is 0. The normalized spacial score (nSPS) is 15.5. The Morgan fingerprint density at radius 3 is 2.52 bits per heavy atom. The molecule has 1 heterocycles. The molecule has 2 rings (SSSR count). The number of amides is 1. The number of hydrogen-bond acceptors (Lipinski definition) is 5. The Kier molecular flexibility index (Phi) is 6.67. The lowest BCUT2D eigenvalue weighted by Crippen LogP contribution is -2.48. The molecule has 0 radical (unpaired) electrons. The van der Waals surface area contributed by atoms with E-state index in [9.17, 15) is 4.79 Å². The van der Waals surface area contributed by atoms with Crippen LogP contribution in [0.1, 0.15) is 18.1 Å². The number of carbonyl (C=O) groups is 1. The van der Waals surface area contributed by atoms with E-state index in [0.717, 1.165) is 30.9 Å². The van der Waals surface area contributed by atoms with Crippen LogP contribution in [0.3, 0.4) is 0 Å². The third kappa shape index (κ3) is 4.84. The van der Waals surface area contributed by atoms with Crippen LogP contribution in [-0.4, -0.2) is 62.9 Å². The maximum atomic E-state index is 11.7. The van der Waals surface area contributed by atoms with Crippen molar-refractivity contribution < 1.29 is 19.0 Å². The highest BCUT2D eigenvalue weighted by Gasteiger charge is 2.22. The van der Waals surface area contributed by atoms with E-state index in [1.165, 1.54) is 5.56 Å². The number of methoxy groups -OCH3 is 2. The molecule has 23 heavy (non-hydrogen) atoms. The highest BCUT2D eigenvalue weighted by Crippen LogP contribution is 2.22. The summed E-state index contributed by atoms with van der Waals surface area (Å²) in [6, 6.07) is 6.19. The van der Waals surface area contributed by atoms with E-state index < -0.39 is 0 Å². The van der Waals surface area contributed by atoms with Crippen molar-refractivity contribution in [3.05, 3.63) is 29.3 Å². The van der Waals surface area contributed by atoms with Crippen LogP contribution < -0.4 is 4.74 Å². The molecule has 0 atom stereocenters. The van der Waals surface area contributed by atoms with Gasteiger partial charge in [0.2, 0.25) is 0 Å². The Bertz CT molecular complexity index is 513. The van der Waals surface area contributed by atoms with Gasteiger partial charge in [-0.3, -0.25) is 4.90 Å². The Morgan fingerprint density at radius 1 is 1.17 bits per heavy atom. The van der Waals surface area contributed by atoms with Crippen molar-refractivity contribution in [2.24, 2.45) is 0 Å². The highest BCUT2D eigenvalue weighted by atomic mass is 16.6. The number of carbonyl (C=O) groups excluding carboxylic acids is 1. The lowest BCUT2D eigenvalue weighted by Gasteiger charge is -2.34. The topological polar surface area (TPSA) is 51.2 Å². The summed E-state index contributed by atoms with van der Waals surface area (Å²) in [5, 5.41) is 0. The summed E-state index contributed by atoms with van der Waals surface area (Å²) < 4.78 is 15.6. The van der Waals surface area contributed by atoms with Crippen LogP contribution in [0.25, 0.3) is 0 Å². The summed E-state index contributed by atoms with van der Waals surface area (Å²) in [5.41, 5.74) is 2.28. The van der Waals surface area contributed by atoms with Crippen molar-refractivity contribution in [1.82, 2.24) is 9.80 Å². The quantitative estimate of drug-likeness (QED) is 0.803. The Hall–Kier alpha value is -1.79. The fraction of sp³-hybridized carbons (Fsp3) is 0.588. The Morgan fingerprint density at radius 2 is 1.91 bits per heavy atom. The van der Waals surface area contributed by atoms with Crippen LogP contribution in [-0.2, 0) is 22.6 Å². The molecule has 128 valence electrons. The second kappa shape index (κ2) is 8.74. The molecule has 1 aromatic carbocycles. The first kappa shape index (κ1) is 17.6. The van der Waals surface area contributed by atoms with E-state index in [1.807, 2.05) is 13.0 Å². The third-order valence-corrected chi connectivity index (χ3v) is 3.95. The van der Waals surface area contributed by atoms with Crippen molar-refractivity contribution >= 4 is 6.09 Å². The van der Waals surface area contributed by atoms with Crippen molar-refractivity contribution in [2.75, 3.05) is 47.0 Å². The number of nitrogens with zero attached hydrogens (tertiary/aromatic N) is 2. The van der Waals surface area contributed by atoms with Gasteiger partial charge in [0, 0.05) is 45.4 Å². The van der Waals surface area contributed by atoms with Gasteiger partial charge in [0.15, 0.2) is 0 Å². The van der Waals surface area contributed by atoms with Crippen LogP contribution in [0.5, 0.6) is 5.75 Å². The SMILES string of the molecule is CCOC(=O)N1CCN(Cc2ccc(OC)c(COC)c2)CC1. The summed E-state index contributed by atoms with van der Waals surface area (Å²) in [6.07, 6.45) is -0.209. The molecule has 0 spiro atoms. The van der Waals surface area contributed by atoms with Gasteiger partial charge in [-0.2, -0.15) is 0 Å². The average Bonchev–Trinajstić information content (AvgIpc) is 2.56. The van der Waals surface area contributed by atoms with E-state index in [0.29, 0.717) is 26.3 Å². The minimum Gasteiger partial charge on any atom is -0.496 e. The van der Waals surface area contributed by atoms with E-state index >= 15 is 0 Å². The number of hydrogen-bond donors (Lipinski definition) is 0. The Labute approximate surface area is 137 Å². The van der Waals surface area contributed by atoms with Crippen molar-refractivity contribution in [3.8, 4) is 5.75 Å². The molecule has 1 aliphatic heterocycles. The lowest BCUT2D eigenvalue weighted by atomic mass is 10.1. The number of ether oxygens (including phenoxy) is 3. The molecule has 0 bridgehead atoms. The van der Waals surface area contributed by atoms with E-state index in [1.54, 1.807) is 19.1 Å². The zero-order chi connectivity index (χ0) is 16.7. The molecule has 0 aromatic heterocycles. The molecule has 6 heteroatoms. The molecule has 0 N–H and O–H groups in total. The molecular weight excluding hydrogens is 296 g/mol. The monoisotopic (exact) mass is 322 g/mol. The van der Waals surface area contributed by atoms with Crippen LogP contribution in [0.15, 0.2) is 18.2 Å². The van der Waals surface area contributed by atoms with Gasteiger partial charge in [0.25, 0.3) is 0 Å². The van der Waals surface area contributed by atoms with Gasteiger partial charge in [-0.1, -0.05) is 6.07 Å². The van der Waals surface area contributed by atoms with Crippen LogP contribution >= 0.6 is 0 Å². The van der Waals surface area contributed by atoms with Gasteiger partial charge in [-0.15, -0.1) is 0 Å². The molecule has 1 aromatic rings. The van der Waals surface area contributed by atoms with E-state index in [-0.39, 0.29) is 6.09 Å². The standard InChI is InChI=1S/C17H26N2O4/c1-4-23-17(20)19-9-7-18(8-10-19)12-14-5-6-16(22-3)15(11-14)13-21-2/h5-6,11H,4,7-10,12-13H2,1-3H3. The minimum atomic E-state index is -0.209. The summed E-state index contributed by atoms with van der Waals surface area (Å²) in [6.45, 7) is 6.77. The second-order valence-electron chi connectivity index (χ2n) is 5.54. The van der Waals surface area contributed by atoms with Gasteiger partial charge in [0.1, 0.15) is 5.75 Å². The molecule has 1 amide bonds. The van der Waals surface area contributed by atoms with Crippen LogP contribution in [0.4, 0.5) is 4.79 Å². The molecule has 0 aliphatic carbocycles. The lowest BCUT2D eigenvalue weighted by molar-refractivity contribution is 0.0778. The minimum absolute atomic E-state index is 0.209. The first-order chi connectivity index (χ1) is 11.2. The largest absolute Gasteiger partial charge is 0.496 e. The molecule has 6 nitrogen and oxygen atoms in total. The Balaban J connectivity index is 1.91. The van der Waals surface area contributed by atoms with E-state index in [2.05, 4.69) is 17.0 Å². The van der Waals surface area contributed by atoms with Gasteiger partial charge in [-0.25, -0.2) is 4.79 Å². The predicted molar refractivity (Wildman–Crippen MR) is 87.6 cm³/mol. The van der Waals surface area contributed by atoms with Gasteiger partial charge in [0.05, 0.1) is 20.3 Å². The second-order valence-corrected chi connectivity index (χ2v) is 5.54. The fourth-order valence-electron chi connectivity index (χ4n) is 2.76. The number of benzene rings is 1. The summed E-state index contributed by atoms with van der Waals surface area (Å²) in [7, 11) is 3.35. The molecular formula is C17H26N2O4. The van der Waals surface area contributed by atoms with Crippen LogP contribution in [0, 0.1) is 0 Å². The molecule has 1 saturated heterocycles. The summed E-state index contributed by atoms with van der Waals surface area (Å²) in [5.74, 6) is 0.850. The maximum absolute atomic E-state index is 11.7. The van der Waals surface area contributed by atoms with Gasteiger partial charge >= 0.3 is 6.09 Å². The van der Waals surface area contributed by atoms with Gasteiger partial charge in [-0.05, 0) is 24.6 Å². The zero-order valence-electron chi connectivity index (χ0n) is 14.2. The maximum Gasteiger partial charge on any atom is 0.409 e. The molecule has 0 saturated carbocycles. The van der Waals surface area contributed by atoms with Crippen LogP contribution in [0.2, 0.25) is 0 Å². The zero-order valence-corrected chi connectivity index (χ0v) is 14.2. The average molecular weight is 322 g/mol. The van der Waals surface area contributed by atoms with Gasteiger partial charge < -0.3 is 19.1 Å². The summed E-state index contributed by atoms with van der Waals surface area (Å²) in [4.78, 5) is 15.8. The molecule has 1 fully saturated rings. The fourth-order valence-corrected chi connectivity index (χ4v) is 2.76.